The van der Waals surface area contributed by atoms with Gasteiger partial charge in [-0.2, -0.15) is 0 Å². The predicted molar refractivity (Wildman–Crippen MR) is 95.7 cm³/mol. The van der Waals surface area contributed by atoms with Crippen LogP contribution in [0.3, 0.4) is 0 Å². The van der Waals surface area contributed by atoms with Gasteiger partial charge in [0, 0.05) is 23.7 Å². The molecule has 0 atom stereocenters. The molecule has 0 unspecified atom stereocenters. The van der Waals surface area contributed by atoms with Gasteiger partial charge in [0.25, 0.3) is 5.91 Å². The monoisotopic (exact) mass is 360 g/mol. The van der Waals surface area contributed by atoms with Crippen molar-refractivity contribution in [3.8, 4) is 11.5 Å². The molecular weight excluding hydrogens is 344 g/mol. The van der Waals surface area contributed by atoms with Crippen LogP contribution in [0.25, 0.3) is 0 Å². The molecule has 0 aromatic heterocycles. The Kier molecular flexibility index (Phi) is 4.81. The molecule has 1 aliphatic rings. The van der Waals surface area contributed by atoms with Gasteiger partial charge in [0.1, 0.15) is 11.5 Å². The van der Waals surface area contributed by atoms with Gasteiger partial charge in [0.05, 0.1) is 18.4 Å². The Labute approximate surface area is 150 Å². The topological polar surface area (TPSA) is 78.9 Å². The third-order valence-electron chi connectivity index (χ3n) is 4.00. The van der Waals surface area contributed by atoms with Crippen molar-refractivity contribution in [2.75, 3.05) is 23.9 Å². The van der Waals surface area contributed by atoms with Gasteiger partial charge in [-0.1, -0.05) is 11.6 Å². The minimum Gasteiger partial charge on any atom is -0.507 e. The van der Waals surface area contributed by atoms with Crippen LogP contribution in [0.2, 0.25) is 5.02 Å². The number of nitrogens with zero attached hydrogens (tertiary/aromatic N) is 1. The molecule has 6 nitrogen and oxygen atoms in total. The zero-order valence-electron chi connectivity index (χ0n) is 13.6. The molecule has 130 valence electrons. The largest absolute Gasteiger partial charge is 0.507 e. The molecule has 1 saturated heterocycles. The fourth-order valence-electron chi connectivity index (χ4n) is 2.77. The summed E-state index contributed by atoms with van der Waals surface area (Å²) in [5.41, 5.74) is 1.17. The minimum atomic E-state index is -0.496. The van der Waals surface area contributed by atoms with Gasteiger partial charge in [-0.15, -0.1) is 0 Å². The standard InChI is InChI=1S/C18H17ClN2O4/c1-25-16-7-5-12(10-14(16)21-8-2-3-17(21)23)20-18(24)13-9-11(19)4-6-15(13)22/h4-7,9-10,22H,2-3,8H2,1H3,(H,20,24). The van der Waals surface area contributed by atoms with E-state index in [1.165, 1.54) is 25.3 Å². The molecule has 3 rings (SSSR count). The van der Waals surface area contributed by atoms with Crippen molar-refractivity contribution in [3.05, 3.63) is 47.0 Å². The molecule has 0 spiro atoms. The first-order valence-corrected chi connectivity index (χ1v) is 8.15. The van der Waals surface area contributed by atoms with Gasteiger partial charge in [-0.05, 0) is 42.8 Å². The maximum atomic E-state index is 12.4. The van der Waals surface area contributed by atoms with Crippen LogP contribution in [0.1, 0.15) is 23.2 Å². The van der Waals surface area contributed by atoms with Crippen molar-refractivity contribution in [1.82, 2.24) is 0 Å². The smallest absolute Gasteiger partial charge is 0.259 e. The summed E-state index contributed by atoms with van der Waals surface area (Å²) in [5.74, 6) is -0.0812. The summed E-state index contributed by atoms with van der Waals surface area (Å²) in [6.07, 6.45) is 1.28. The van der Waals surface area contributed by atoms with Crippen LogP contribution in [0.5, 0.6) is 11.5 Å². The number of aromatic hydroxyl groups is 1. The summed E-state index contributed by atoms with van der Waals surface area (Å²) in [6, 6.07) is 9.29. The molecule has 1 aliphatic heterocycles. The minimum absolute atomic E-state index is 0.0225. The zero-order chi connectivity index (χ0) is 18.0. The molecule has 0 aliphatic carbocycles. The van der Waals surface area contributed by atoms with E-state index in [0.717, 1.165) is 6.42 Å². The quantitative estimate of drug-likeness (QED) is 0.875. The Morgan fingerprint density at radius 3 is 2.76 bits per heavy atom. The number of rotatable bonds is 4. The van der Waals surface area contributed by atoms with Crippen LogP contribution in [0, 0.1) is 0 Å². The van der Waals surface area contributed by atoms with E-state index in [0.29, 0.717) is 35.1 Å². The average molecular weight is 361 g/mol. The Morgan fingerprint density at radius 2 is 2.08 bits per heavy atom. The molecule has 2 amide bonds. The number of carbonyl (C=O) groups excluding carboxylic acids is 2. The third kappa shape index (κ3) is 3.53. The molecule has 0 radical (unpaired) electrons. The number of halogens is 1. The van der Waals surface area contributed by atoms with E-state index in [1.807, 2.05) is 0 Å². The first-order chi connectivity index (χ1) is 12.0. The highest BCUT2D eigenvalue weighted by Gasteiger charge is 2.25. The van der Waals surface area contributed by atoms with E-state index >= 15 is 0 Å². The Hall–Kier alpha value is -2.73. The Balaban J connectivity index is 1.89. The second-order valence-electron chi connectivity index (χ2n) is 5.65. The Morgan fingerprint density at radius 1 is 1.28 bits per heavy atom. The van der Waals surface area contributed by atoms with E-state index in [2.05, 4.69) is 5.32 Å². The lowest BCUT2D eigenvalue weighted by Crippen LogP contribution is -2.24. The number of amides is 2. The molecule has 2 aromatic carbocycles. The zero-order valence-corrected chi connectivity index (χ0v) is 14.3. The molecule has 2 N–H and O–H groups in total. The van der Waals surface area contributed by atoms with Crippen molar-refractivity contribution >= 4 is 34.8 Å². The van der Waals surface area contributed by atoms with E-state index in [-0.39, 0.29) is 17.2 Å². The molecule has 7 heteroatoms. The van der Waals surface area contributed by atoms with Crippen LogP contribution in [-0.2, 0) is 4.79 Å². The number of ether oxygens (including phenoxy) is 1. The first kappa shape index (κ1) is 17.1. The third-order valence-corrected chi connectivity index (χ3v) is 4.24. The number of anilines is 2. The highest BCUT2D eigenvalue weighted by Crippen LogP contribution is 2.34. The summed E-state index contributed by atoms with van der Waals surface area (Å²) in [6.45, 7) is 0.613. The van der Waals surface area contributed by atoms with Crippen molar-refractivity contribution in [3.63, 3.8) is 0 Å². The molecule has 25 heavy (non-hydrogen) atoms. The van der Waals surface area contributed by atoms with Gasteiger partial charge in [-0.25, -0.2) is 0 Å². The number of hydrogen-bond acceptors (Lipinski definition) is 4. The van der Waals surface area contributed by atoms with Crippen LogP contribution in [0.15, 0.2) is 36.4 Å². The number of phenols is 1. The summed E-state index contributed by atoms with van der Waals surface area (Å²) < 4.78 is 5.32. The summed E-state index contributed by atoms with van der Waals surface area (Å²) >= 11 is 5.88. The Bertz CT molecular complexity index is 838. The van der Waals surface area contributed by atoms with Crippen molar-refractivity contribution in [2.45, 2.75) is 12.8 Å². The van der Waals surface area contributed by atoms with Crippen LogP contribution in [0.4, 0.5) is 11.4 Å². The maximum Gasteiger partial charge on any atom is 0.259 e. The summed E-state index contributed by atoms with van der Waals surface area (Å²) in [4.78, 5) is 26.1. The normalized spacial score (nSPS) is 13.8. The first-order valence-electron chi connectivity index (χ1n) is 7.78. The fourth-order valence-corrected chi connectivity index (χ4v) is 2.94. The second kappa shape index (κ2) is 7.03. The van der Waals surface area contributed by atoms with E-state index in [9.17, 15) is 14.7 Å². The van der Waals surface area contributed by atoms with Crippen LogP contribution in [-0.4, -0.2) is 30.6 Å². The van der Waals surface area contributed by atoms with Crippen LogP contribution < -0.4 is 15.0 Å². The number of benzene rings is 2. The molecule has 2 aromatic rings. The van der Waals surface area contributed by atoms with E-state index in [1.54, 1.807) is 23.1 Å². The van der Waals surface area contributed by atoms with Gasteiger partial charge in [0.15, 0.2) is 0 Å². The molecule has 1 heterocycles. The average Bonchev–Trinajstić information content (AvgIpc) is 3.02. The molecular formula is C18H17ClN2O4. The van der Waals surface area contributed by atoms with Crippen molar-refractivity contribution in [2.24, 2.45) is 0 Å². The van der Waals surface area contributed by atoms with Gasteiger partial charge in [-0.3, -0.25) is 9.59 Å². The number of carbonyl (C=O) groups is 2. The van der Waals surface area contributed by atoms with Gasteiger partial charge in [0.2, 0.25) is 5.91 Å². The molecule has 1 fully saturated rings. The van der Waals surface area contributed by atoms with E-state index < -0.39 is 5.91 Å². The number of hydrogen-bond donors (Lipinski definition) is 2. The number of methoxy groups -OCH3 is 1. The van der Waals surface area contributed by atoms with Crippen molar-refractivity contribution < 1.29 is 19.4 Å². The van der Waals surface area contributed by atoms with Gasteiger partial charge < -0.3 is 20.1 Å². The number of nitrogens with one attached hydrogen (secondary N) is 1. The lowest BCUT2D eigenvalue weighted by Gasteiger charge is -2.20. The van der Waals surface area contributed by atoms with Gasteiger partial charge >= 0.3 is 0 Å². The lowest BCUT2D eigenvalue weighted by atomic mass is 10.1. The summed E-state index contributed by atoms with van der Waals surface area (Å²) in [7, 11) is 1.53. The SMILES string of the molecule is COc1ccc(NC(=O)c2cc(Cl)ccc2O)cc1N1CCCC1=O. The number of phenolic OH excluding ortho intramolecular Hbond substituents is 1. The van der Waals surface area contributed by atoms with E-state index in [4.69, 9.17) is 16.3 Å². The fraction of sp³-hybridized carbons (Fsp3) is 0.222. The molecule has 0 bridgehead atoms. The van der Waals surface area contributed by atoms with Crippen molar-refractivity contribution in [1.29, 1.82) is 0 Å². The summed E-state index contributed by atoms with van der Waals surface area (Å²) in [5, 5.41) is 12.9. The lowest BCUT2D eigenvalue weighted by molar-refractivity contribution is -0.117. The maximum absolute atomic E-state index is 12.4. The highest BCUT2D eigenvalue weighted by molar-refractivity contribution is 6.31. The van der Waals surface area contributed by atoms with Crippen LogP contribution >= 0.6 is 11.6 Å². The second-order valence-corrected chi connectivity index (χ2v) is 6.09. The highest BCUT2D eigenvalue weighted by atomic mass is 35.5. The molecule has 0 saturated carbocycles. The predicted octanol–water partition coefficient (Wildman–Crippen LogP) is 3.43.